The Morgan fingerprint density at radius 2 is 1.83 bits per heavy atom. The molecule has 1 saturated carbocycles. The van der Waals surface area contributed by atoms with Gasteiger partial charge in [0.15, 0.2) is 0 Å². The summed E-state index contributed by atoms with van der Waals surface area (Å²) in [6, 6.07) is 4.82. The summed E-state index contributed by atoms with van der Waals surface area (Å²) >= 11 is 3.45. The largest absolute Gasteiger partial charge is 0.312 e. The van der Waals surface area contributed by atoms with Gasteiger partial charge in [-0.3, -0.25) is 0 Å². The molecule has 3 heteroatoms. The molecule has 0 saturated heterocycles. The lowest BCUT2D eigenvalue weighted by Gasteiger charge is -2.08. The van der Waals surface area contributed by atoms with Crippen molar-refractivity contribution in [2.75, 3.05) is 6.54 Å². The second-order valence-corrected chi connectivity index (χ2v) is 7.22. The number of hydrogen-bond donors (Lipinski definition) is 1. The summed E-state index contributed by atoms with van der Waals surface area (Å²) in [6.45, 7) is 11.0. The van der Waals surface area contributed by atoms with Gasteiger partial charge in [-0.25, -0.2) is 4.39 Å². The van der Waals surface area contributed by atoms with Crippen molar-refractivity contribution < 1.29 is 4.39 Å². The molecule has 0 aromatic heterocycles. The molecule has 1 nitrogen and oxygen atoms in total. The Kier molecular flexibility index (Phi) is 3.58. The minimum atomic E-state index is -0.179. The number of halogens is 2. The van der Waals surface area contributed by atoms with E-state index in [-0.39, 0.29) is 5.82 Å². The van der Waals surface area contributed by atoms with E-state index in [1.54, 1.807) is 12.1 Å². The molecule has 0 heterocycles. The Labute approximate surface area is 117 Å². The van der Waals surface area contributed by atoms with Crippen LogP contribution in [0.5, 0.6) is 0 Å². The molecule has 18 heavy (non-hydrogen) atoms. The Balaban J connectivity index is 1.89. The Bertz CT molecular complexity index is 440. The Hall–Kier alpha value is -0.410. The van der Waals surface area contributed by atoms with Gasteiger partial charge in [-0.15, -0.1) is 0 Å². The van der Waals surface area contributed by atoms with E-state index in [0.717, 1.165) is 16.6 Å². The molecule has 0 aliphatic heterocycles. The molecule has 2 rings (SSSR count). The van der Waals surface area contributed by atoms with Gasteiger partial charge in [0.1, 0.15) is 5.82 Å². The molecule has 0 radical (unpaired) electrons. The first-order chi connectivity index (χ1) is 8.26. The molecule has 1 aromatic rings. The highest BCUT2D eigenvalue weighted by molar-refractivity contribution is 9.10. The summed E-state index contributed by atoms with van der Waals surface area (Å²) in [7, 11) is 0. The van der Waals surface area contributed by atoms with Crippen LogP contribution >= 0.6 is 15.9 Å². The van der Waals surface area contributed by atoms with E-state index in [2.05, 4.69) is 48.9 Å². The first kappa shape index (κ1) is 14.0. The molecule has 1 aliphatic carbocycles. The number of hydrogen-bond acceptors (Lipinski definition) is 1. The average Bonchev–Trinajstić information content (AvgIpc) is 2.65. The first-order valence-corrected chi connectivity index (χ1v) is 7.21. The molecule has 100 valence electrons. The van der Waals surface area contributed by atoms with E-state index in [9.17, 15) is 4.39 Å². The van der Waals surface area contributed by atoms with E-state index >= 15 is 0 Å². The van der Waals surface area contributed by atoms with Crippen LogP contribution in [0.25, 0.3) is 0 Å². The van der Waals surface area contributed by atoms with Crippen molar-refractivity contribution in [3.8, 4) is 0 Å². The zero-order valence-electron chi connectivity index (χ0n) is 11.5. The lowest BCUT2D eigenvalue weighted by molar-refractivity contribution is 0.457. The van der Waals surface area contributed by atoms with E-state index < -0.39 is 0 Å². The van der Waals surface area contributed by atoms with Gasteiger partial charge < -0.3 is 5.32 Å². The monoisotopic (exact) mass is 313 g/mol. The molecular weight excluding hydrogens is 293 g/mol. The molecule has 0 bridgehead atoms. The maximum absolute atomic E-state index is 13.1. The third-order valence-corrected chi connectivity index (χ3v) is 5.76. The minimum Gasteiger partial charge on any atom is -0.312 e. The molecule has 1 aliphatic rings. The van der Waals surface area contributed by atoms with Crippen LogP contribution in [0.15, 0.2) is 22.7 Å². The van der Waals surface area contributed by atoms with Gasteiger partial charge in [0.25, 0.3) is 0 Å². The summed E-state index contributed by atoms with van der Waals surface area (Å²) in [5, 5.41) is 3.45. The predicted octanol–water partition coefficient (Wildman–Crippen LogP) is 4.36. The van der Waals surface area contributed by atoms with Crippen LogP contribution in [0.2, 0.25) is 0 Å². The topological polar surface area (TPSA) is 12.0 Å². The summed E-state index contributed by atoms with van der Waals surface area (Å²) in [5.41, 5.74) is 1.78. The maximum Gasteiger partial charge on any atom is 0.123 e. The average molecular weight is 314 g/mol. The Morgan fingerprint density at radius 1 is 1.22 bits per heavy atom. The van der Waals surface area contributed by atoms with Crippen molar-refractivity contribution in [1.82, 2.24) is 5.32 Å². The predicted molar refractivity (Wildman–Crippen MR) is 76.9 cm³/mol. The van der Waals surface area contributed by atoms with Gasteiger partial charge in [0, 0.05) is 11.0 Å². The summed E-state index contributed by atoms with van der Waals surface area (Å²) in [5.74, 6) is 0.513. The third kappa shape index (κ3) is 2.35. The van der Waals surface area contributed by atoms with Crippen molar-refractivity contribution in [3.05, 3.63) is 34.1 Å². The van der Waals surface area contributed by atoms with E-state index in [1.807, 2.05) is 0 Å². The third-order valence-electron chi connectivity index (χ3n) is 4.99. The molecule has 0 unspecified atom stereocenters. The van der Waals surface area contributed by atoms with Crippen LogP contribution in [0.4, 0.5) is 4.39 Å². The van der Waals surface area contributed by atoms with Crippen molar-refractivity contribution >= 4 is 15.9 Å². The van der Waals surface area contributed by atoms with Gasteiger partial charge in [0.2, 0.25) is 0 Å². The normalized spacial score (nSPS) is 21.0. The second kappa shape index (κ2) is 4.61. The van der Waals surface area contributed by atoms with Crippen molar-refractivity contribution in [3.63, 3.8) is 0 Å². The lowest BCUT2D eigenvalue weighted by Crippen LogP contribution is -2.19. The fraction of sp³-hybridized carbons (Fsp3) is 0.600. The van der Waals surface area contributed by atoms with Gasteiger partial charge in [-0.1, -0.05) is 43.6 Å². The highest BCUT2D eigenvalue weighted by atomic mass is 79.9. The van der Waals surface area contributed by atoms with Crippen molar-refractivity contribution in [1.29, 1.82) is 0 Å². The van der Waals surface area contributed by atoms with E-state index in [1.165, 1.54) is 6.07 Å². The highest BCUT2D eigenvalue weighted by Gasteiger charge is 2.63. The maximum atomic E-state index is 13.1. The summed E-state index contributed by atoms with van der Waals surface area (Å²) < 4.78 is 14.1. The van der Waals surface area contributed by atoms with Gasteiger partial charge >= 0.3 is 0 Å². The lowest BCUT2D eigenvalue weighted by atomic mass is 10.0. The molecular formula is C15H21BrFN. The molecule has 1 fully saturated rings. The second-order valence-electron chi connectivity index (χ2n) is 6.36. The van der Waals surface area contributed by atoms with Crippen molar-refractivity contribution in [2.24, 2.45) is 16.7 Å². The van der Waals surface area contributed by atoms with Crippen LogP contribution in [0.3, 0.4) is 0 Å². The molecule has 0 amide bonds. The van der Waals surface area contributed by atoms with Crippen LogP contribution in [-0.2, 0) is 6.54 Å². The van der Waals surface area contributed by atoms with Gasteiger partial charge in [0.05, 0.1) is 0 Å². The fourth-order valence-corrected chi connectivity index (χ4v) is 3.26. The van der Waals surface area contributed by atoms with Gasteiger partial charge in [-0.2, -0.15) is 0 Å². The zero-order valence-corrected chi connectivity index (χ0v) is 13.1. The van der Waals surface area contributed by atoms with E-state index in [4.69, 9.17) is 0 Å². The molecule has 0 spiro atoms. The minimum absolute atomic E-state index is 0.179. The van der Waals surface area contributed by atoms with Crippen molar-refractivity contribution in [2.45, 2.75) is 34.2 Å². The van der Waals surface area contributed by atoms with E-state index in [0.29, 0.717) is 23.3 Å². The fourth-order valence-electron chi connectivity index (χ4n) is 2.87. The summed E-state index contributed by atoms with van der Waals surface area (Å²) in [4.78, 5) is 0. The summed E-state index contributed by atoms with van der Waals surface area (Å²) in [6.07, 6.45) is 0. The SMILES string of the molecule is CC1(C)C(CNCc2cc(F)ccc2Br)C1(C)C. The quantitative estimate of drug-likeness (QED) is 0.871. The van der Waals surface area contributed by atoms with Crippen LogP contribution in [-0.4, -0.2) is 6.54 Å². The Morgan fingerprint density at radius 3 is 2.39 bits per heavy atom. The molecule has 0 atom stereocenters. The smallest absolute Gasteiger partial charge is 0.123 e. The van der Waals surface area contributed by atoms with Crippen LogP contribution in [0.1, 0.15) is 33.3 Å². The highest BCUT2D eigenvalue weighted by Crippen LogP contribution is 2.67. The van der Waals surface area contributed by atoms with Crippen LogP contribution in [0, 0.1) is 22.6 Å². The first-order valence-electron chi connectivity index (χ1n) is 6.41. The standard InChI is InChI=1S/C15H21BrFN/c1-14(2)13(15(14,3)4)9-18-8-10-7-11(17)5-6-12(10)16/h5-7,13,18H,8-9H2,1-4H3. The molecule has 1 N–H and O–H groups in total. The zero-order chi connectivity index (χ0) is 13.6. The number of nitrogens with one attached hydrogen (secondary N) is 1. The molecule has 1 aromatic carbocycles. The van der Waals surface area contributed by atoms with Crippen LogP contribution < -0.4 is 5.32 Å². The number of benzene rings is 1. The number of rotatable bonds is 4. The van der Waals surface area contributed by atoms with Gasteiger partial charge in [-0.05, 0) is 47.1 Å².